The zero-order valence-electron chi connectivity index (χ0n) is 21.5. The summed E-state index contributed by atoms with van der Waals surface area (Å²) in [6.45, 7) is 8.37. The lowest BCUT2D eigenvalue weighted by atomic mass is 9.98. The maximum atomic E-state index is 12.3. The number of β-lactam (4-membered cyclic amide) rings is 1. The predicted molar refractivity (Wildman–Crippen MR) is 154 cm³/mol. The minimum Gasteiger partial charge on any atom is -0.616 e. The van der Waals surface area contributed by atoms with Gasteiger partial charge in [0, 0.05) is 11.2 Å². The van der Waals surface area contributed by atoms with Gasteiger partial charge in [0.2, 0.25) is 12.7 Å². The fourth-order valence-corrected chi connectivity index (χ4v) is 8.60. The first kappa shape index (κ1) is 29.7. The molecular weight excluding hydrogens is 613 g/mol. The number of carbonyl (C=O) groups excluding carboxylic acids is 1. The molecule has 1 aromatic carbocycles. The zero-order chi connectivity index (χ0) is 26.5. The number of fused-ring (bicyclic) bond motifs is 2. The second-order valence-corrected chi connectivity index (χ2v) is 15.1. The van der Waals surface area contributed by atoms with Crippen molar-refractivity contribution in [2.24, 2.45) is 0 Å². The van der Waals surface area contributed by atoms with E-state index in [2.05, 4.69) is 36.4 Å². The van der Waals surface area contributed by atoms with Gasteiger partial charge >= 0.3 is 5.97 Å². The van der Waals surface area contributed by atoms with Crippen LogP contribution in [0.4, 0.5) is 0 Å². The summed E-state index contributed by atoms with van der Waals surface area (Å²) in [5, 5.41) is 9.31. The number of carboxylic acids is 1. The lowest BCUT2D eigenvalue weighted by Gasteiger charge is -2.40. The Morgan fingerprint density at radius 2 is 1.92 bits per heavy atom. The number of thioether (sulfide) groups is 1. The smallest absolute Gasteiger partial charge is 0.327 e. The van der Waals surface area contributed by atoms with Crippen molar-refractivity contribution in [2.75, 3.05) is 12.5 Å². The minimum atomic E-state index is -0.901. The van der Waals surface area contributed by atoms with E-state index < -0.39 is 23.2 Å². The van der Waals surface area contributed by atoms with Crippen molar-refractivity contribution in [3.63, 3.8) is 0 Å². The van der Waals surface area contributed by atoms with Crippen molar-refractivity contribution >= 4 is 57.4 Å². The Balaban J connectivity index is 0.000000221. The van der Waals surface area contributed by atoms with E-state index >= 15 is 0 Å². The molecule has 1 amide bonds. The van der Waals surface area contributed by atoms with Crippen LogP contribution in [0.1, 0.15) is 71.8 Å². The first-order valence-electron chi connectivity index (χ1n) is 12.7. The topological polar surface area (TPSA) is 99.1 Å². The highest BCUT2D eigenvalue weighted by atomic mass is 127. The third-order valence-corrected chi connectivity index (χ3v) is 11.7. The summed E-state index contributed by atoms with van der Waals surface area (Å²) in [6, 6.07) is 5.34. The fraction of sp³-hybridized carbons (Fsp3) is 0.692. The normalized spacial score (nSPS) is 24.9. The summed E-state index contributed by atoms with van der Waals surface area (Å²) in [7, 11) is 0. The predicted octanol–water partition coefficient (Wildman–Crippen LogP) is 5.39. The molecule has 1 aromatic rings. The zero-order valence-corrected chi connectivity index (χ0v) is 25.3. The van der Waals surface area contributed by atoms with E-state index in [4.69, 9.17) is 14.6 Å². The number of carbonyl (C=O) groups is 2. The minimum absolute atomic E-state index is 0.0407. The van der Waals surface area contributed by atoms with Gasteiger partial charge in [-0.2, -0.15) is 0 Å². The molecule has 0 spiro atoms. The van der Waals surface area contributed by atoms with Crippen LogP contribution in [-0.4, -0.2) is 64.3 Å². The van der Waals surface area contributed by atoms with Crippen molar-refractivity contribution in [2.45, 2.75) is 98.0 Å². The van der Waals surface area contributed by atoms with Crippen LogP contribution in [0.25, 0.3) is 0 Å². The number of ether oxygens (including phenoxy) is 2. The monoisotopic (exact) mass is 651 g/mol. The number of benzene rings is 1. The van der Waals surface area contributed by atoms with Crippen molar-refractivity contribution in [3.05, 3.63) is 23.8 Å². The molecule has 0 aliphatic carbocycles. The van der Waals surface area contributed by atoms with Crippen molar-refractivity contribution in [3.8, 4) is 11.5 Å². The van der Waals surface area contributed by atoms with Gasteiger partial charge in [-0.15, -0.1) is 11.8 Å². The van der Waals surface area contributed by atoms with Gasteiger partial charge in [-0.05, 0) is 51.3 Å². The highest BCUT2D eigenvalue weighted by molar-refractivity contribution is 14.1. The molecule has 202 valence electrons. The number of nitrogens with zero attached hydrogens (tertiary/aromatic N) is 1. The Morgan fingerprint density at radius 1 is 1.25 bits per heavy atom. The molecule has 10 heteroatoms. The molecule has 2 fully saturated rings. The lowest BCUT2D eigenvalue weighted by Crippen LogP contribution is -2.63. The number of halogens is 1. The maximum Gasteiger partial charge on any atom is 0.327 e. The summed E-state index contributed by atoms with van der Waals surface area (Å²) >= 11 is 2.92. The van der Waals surface area contributed by atoms with Gasteiger partial charge in [0.15, 0.2) is 11.5 Å². The number of unbranched alkanes of at least 4 members (excludes halogenated alkanes) is 5. The lowest BCUT2D eigenvalue weighted by molar-refractivity contribution is -0.156. The third-order valence-electron chi connectivity index (χ3n) is 6.72. The molecule has 4 rings (SSSR count). The number of alkyl halides is 1. The average Bonchev–Trinajstić information content (AvgIpc) is 3.40. The van der Waals surface area contributed by atoms with E-state index in [9.17, 15) is 14.1 Å². The Bertz CT molecular complexity index is 916. The second-order valence-electron chi connectivity index (χ2n) is 10.1. The second kappa shape index (κ2) is 13.3. The van der Waals surface area contributed by atoms with Crippen LogP contribution in [0, 0.1) is 0 Å². The number of hydrogen-bond acceptors (Lipinski definition) is 6. The molecule has 2 saturated heterocycles. The number of aliphatic carboxylic acids is 1. The molecule has 1 N–H and O–H groups in total. The van der Waals surface area contributed by atoms with Gasteiger partial charge < -0.3 is 24.0 Å². The van der Waals surface area contributed by atoms with Gasteiger partial charge in [0.25, 0.3) is 0 Å². The van der Waals surface area contributed by atoms with Gasteiger partial charge in [0.05, 0.1) is 0 Å². The summed E-state index contributed by atoms with van der Waals surface area (Å²) in [5.74, 6) is 1.51. The van der Waals surface area contributed by atoms with E-state index in [0.717, 1.165) is 30.1 Å². The first-order chi connectivity index (χ1) is 17.1. The molecule has 0 bridgehead atoms. The molecule has 3 heterocycles. The van der Waals surface area contributed by atoms with Crippen LogP contribution >= 0.6 is 34.4 Å². The molecule has 2 unspecified atom stereocenters. The van der Waals surface area contributed by atoms with Crippen LogP contribution in [0.3, 0.4) is 0 Å². The van der Waals surface area contributed by atoms with Gasteiger partial charge in [0.1, 0.15) is 26.3 Å². The van der Waals surface area contributed by atoms with Crippen LogP contribution in [0.2, 0.25) is 0 Å². The molecule has 3 aliphatic rings. The summed E-state index contributed by atoms with van der Waals surface area (Å²) in [4.78, 5) is 24.0. The van der Waals surface area contributed by atoms with Crippen molar-refractivity contribution < 1.29 is 28.7 Å². The van der Waals surface area contributed by atoms with Gasteiger partial charge in [-0.1, -0.05) is 72.4 Å². The molecule has 5 atom stereocenters. The van der Waals surface area contributed by atoms with E-state index in [1.807, 2.05) is 32.0 Å². The third kappa shape index (κ3) is 7.17. The van der Waals surface area contributed by atoms with Crippen molar-refractivity contribution in [1.29, 1.82) is 0 Å². The molecular formula is C26H38INO6S2. The van der Waals surface area contributed by atoms with E-state index in [1.54, 1.807) is 11.8 Å². The Labute approximate surface area is 235 Å². The Hall–Kier alpha value is -0.850. The summed E-state index contributed by atoms with van der Waals surface area (Å²) < 4.78 is 22.6. The highest BCUT2D eigenvalue weighted by Gasteiger charge is 2.62. The van der Waals surface area contributed by atoms with E-state index in [1.165, 1.54) is 42.6 Å². The Kier molecular flexibility index (Phi) is 11.0. The molecule has 0 aromatic heterocycles. The molecule has 3 aliphatic heterocycles. The Morgan fingerprint density at radius 3 is 2.61 bits per heavy atom. The van der Waals surface area contributed by atoms with Gasteiger partial charge in [-0.3, -0.25) is 4.79 Å². The van der Waals surface area contributed by atoms with Crippen molar-refractivity contribution in [1.82, 2.24) is 4.90 Å². The van der Waals surface area contributed by atoms with Crippen LogP contribution < -0.4 is 9.47 Å². The number of carboxylic acid groups (broad SMARTS) is 1. The fourth-order valence-electron chi connectivity index (χ4n) is 4.68. The quantitative estimate of drug-likeness (QED) is 0.113. The molecule has 7 nitrogen and oxygen atoms in total. The van der Waals surface area contributed by atoms with E-state index in [0.29, 0.717) is 6.79 Å². The largest absolute Gasteiger partial charge is 0.616 e. The molecule has 0 saturated carbocycles. The maximum absolute atomic E-state index is 12.3. The van der Waals surface area contributed by atoms with Crippen LogP contribution in [0.15, 0.2) is 18.2 Å². The number of amides is 1. The van der Waals surface area contributed by atoms with Crippen LogP contribution in [-0.2, 0) is 27.2 Å². The first-order valence-corrected chi connectivity index (χ1v) is 16.2. The summed E-state index contributed by atoms with van der Waals surface area (Å²) in [6.07, 6.45) is 8.32. The highest BCUT2D eigenvalue weighted by Crippen LogP contribution is 2.52. The van der Waals surface area contributed by atoms with Gasteiger partial charge in [-0.25, -0.2) is 4.79 Å². The number of rotatable bonds is 11. The molecule has 0 radical (unpaired) electrons. The van der Waals surface area contributed by atoms with Crippen LogP contribution in [0.5, 0.6) is 11.5 Å². The number of hydrogen-bond donors (Lipinski definition) is 1. The van der Waals surface area contributed by atoms with E-state index in [-0.39, 0.29) is 25.2 Å². The summed E-state index contributed by atoms with van der Waals surface area (Å²) in [5.41, 5.74) is 1.17. The average molecular weight is 652 g/mol. The SMILES string of the molecule is CC1(C)S[C@@H]2[C@H](I)C(=O)N2[C@H]1C(=O)O.CCCCCCCC[S+]([O-])C(C)Cc1ccc2c(c1)OCO2. The standard InChI is InChI=1S/C18H28O3S.C8H10INO3S/c1-3-4-5-6-7-8-11-22(19)15(2)12-16-9-10-17-18(13-16)21-14-20-17;1-8(2)4(7(12)13)10-5(11)3(9)6(10)14-8/h9-10,13,15H,3-8,11-12,14H2,1-2H3;3-4,6H,1-2H3,(H,12,13)/t;3-,4+,6-/m.1/s1. The molecule has 36 heavy (non-hydrogen) atoms.